The Bertz CT molecular complexity index is 369. The maximum atomic E-state index is 6.27. The van der Waals surface area contributed by atoms with Crippen molar-refractivity contribution in [3.8, 4) is 0 Å². The highest BCUT2D eigenvalue weighted by Gasteiger charge is 2.46. The Morgan fingerprint density at radius 2 is 2.06 bits per heavy atom. The van der Waals surface area contributed by atoms with Gasteiger partial charge in [0, 0.05) is 11.3 Å². The van der Waals surface area contributed by atoms with Crippen molar-refractivity contribution in [1.29, 1.82) is 0 Å². The summed E-state index contributed by atoms with van der Waals surface area (Å²) in [6, 6.07) is 10.4. The van der Waals surface area contributed by atoms with Gasteiger partial charge in [-0.1, -0.05) is 18.2 Å². The van der Waals surface area contributed by atoms with Gasteiger partial charge in [-0.25, -0.2) is 0 Å². The van der Waals surface area contributed by atoms with Gasteiger partial charge in [0.15, 0.2) is 8.32 Å². The van der Waals surface area contributed by atoms with E-state index in [1.165, 1.54) is 4.90 Å². The fraction of sp³-hybridized carbons (Fsp3) is 0.500. The standard InChI is InChI=1S/C14H21O2SSi/c1-18(2,3)16-14(10-7-11-15-14)12-17-13-8-5-4-6-9-13/h4-6,8-9,11H,7,10,12H2,1-3H3/q+1. The van der Waals surface area contributed by atoms with Gasteiger partial charge in [-0.3, -0.25) is 0 Å². The molecule has 18 heavy (non-hydrogen) atoms. The summed E-state index contributed by atoms with van der Waals surface area (Å²) >= 11 is 1.81. The number of hydrogen-bond donors (Lipinski definition) is 0. The van der Waals surface area contributed by atoms with Gasteiger partial charge < -0.3 is 4.43 Å². The minimum absolute atomic E-state index is 0.398. The summed E-state index contributed by atoms with van der Waals surface area (Å²) < 4.78 is 12.1. The zero-order valence-corrected chi connectivity index (χ0v) is 13.1. The molecule has 1 atom stereocenters. The summed E-state index contributed by atoms with van der Waals surface area (Å²) in [5.41, 5.74) is 0. The van der Waals surface area contributed by atoms with Crippen LogP contribution in [0.2, 0.25) is 19.6 Å². The van der Waals surface area contributed by atoms with Gasteiger partial charge in [0.2, 0.25) is 12.4 Å². The lowest BCUT2D eigenvalue weighted by Crippen LogP contribution is -2.44. The number of ether oxygens (including phenoxy) is 1. The molecule has 0 spiro atoms. The second-order valence-corrected chi connectivity index (χ2v) is 11.0. The predicted molar refractivity (Wildman–Crippen MR) is 78.9 cm³/mol. The fourth-order valence-electron chi connectivity index (χ4n) is 2.03. The third kappa shape index (κ3) is 4.05. The Balaban J connectivity index is 1.98. The molecule has 1 saturated heterocycles. The van der Waals surface area contributed by atoms with Crippen molar-refractivity contribution >= 4 is 20.1 Å². The average Bonchev–Trinajstić information content (AvgIpc) is 2.75. The number of hydrogen-bond acceptors (Lipinski definition) is 3. The molecule has 1 heterocycles. The first kappa shape index (κ1) is 14.0. The molecule has 0 aromatic heterocycles. The first-order valence-corrected chi connectivity index (χ1v) is 10.8. The lowest BCUT2D eigenvalue weighted by molar-refractivity contribution is -0.119. The van der Waals surface area contributed by atoms with E-state index < -0.39 is 14.1 Å². The normalized spacial score (nSPS) is 23.9. The topological polar surface area (TPSA) is 18.5 Å². The highest BCUT2D eigenvalue weighted by atomic mass is 32.2. The molecule has 2 nitrogen and oxygen atoms in total. The third-order valence-electron chi connectivity index (χ3n) is 2.64. The van der Waals surface area contributed by atoms with E-state index >= 15 is 0 Å². The zero-order chi connectivity index (χ0) is 13.1. The maximum absolute atomic E-state index is 6.27. The minimum Gasteiger partial charge on any atom is -0.387 e. The van der Waals surface area contributed by atoms with Crippen molar-refractivity contribution in [2.75, 3.05) is 5.75 Å². The van der Waals surface area contributed by atoms with Crippen molar-refractivity contribution in [1.82, 2.24) is 0 Å². The maximum Gasteiger partial charge on any atom is 0.231 e. The highest BCUT2D eigenvalue weighted by Crippen LogP contribution is 2.37. The second-order valence-electron chi connectivity index (χ2n) is 5.55. The van der Waals surface area contributed by atoms with Crippen LogP contribution in [0, 0.1) is 6.61 Å². The lowest BCUT2D eigenvalue weighted by Gasteiger charge is -2.31. The smallest absolute Gasteiger partial charge is 0.231 e. The molecule has 1 aliphatic rings. The molecule has 1 aromatic rings. The van der Waals surface area contributed by atoms with Gasteiger partial charge in [-0.05, 0) is 31.8 Å². The predicted octanol–water partition coefficient (Wildman–Crippen LogP) is 4.30. The first-order chi connectivity index (χ1) is 8.49. The van der Waals surface area contributed by atoms with Crippen molar-refractivity contribution in [3.05, 3.63) is 36.9 Å². The molecular weight excluding hydrogens is 260 g/mol. The van der Waals surface area contributed by atoms with Crippen molar-refractivity contribution in [2.24, 2.45) is 0 Å². The average molecular weight is 281 g/mol. The molecule has 1 unspecified atom stereocenters. The van der Waals surface area contributed by atoms with Crippen LogP contribution in [0.1, 0.15) is 12.8 Å². The summed E-state index contributed by atoms with van der Waals surface area (Å²) in [6.07, 6.45) is 1.96. The Morgan fingerprint density at radius 3 is 2.61 bits per heavy atom. The Labute approximate surface area is 115 Å². The Morgan fingerprint density at radius 1 is 1.33 bits per heavy atom. The largest absolute Gasteiger partial charge is 0.387 e. The van der Waals surface area contributed by atoms with E-state index in [-0.39, 0.29) is 0 Å². The van der Waals surface area contributed by atoms with Crippen LogP contribution in [-0.2, 0) is 9.16 Å². The number of benzene rings is 1. The summed E-state index contributed by atoms with van der Waals surface area (Å²) in [4.78, 5) is 1.27. The van der Waals surface area contributed by atoms with E-state index in [4.69, 9.17) is 9.16 Å². The van der Waals surface area contributed by atoms with Gasteiger partial charge in [0.25, 0.3) is 0 Å². The van der Waals surface area contributed by atoms with Gasteiger partial charge in [-0.15, -0.1) is 11.8 Å². The van der Waals surface area contributed by atoms with Crippen LogP contribution in [0.15, 0.2) is 35.2 Å². The molecule has 4 heteroatoms. The molecule has 2 rings (SSSR count). The second kappa shape index (κ2) is 5.69. The van der Waals surface area contributed by atoms with Gasteiger partial charge in [-0.2, -0.15) is 4.74 Å². The fourth-order valence-corrected chi connectivity index (χ4v) is 4.48. The van der Waals surface area contributed by atoms with Gasteiger partial charge in [0.05, 0.1) is 5.75 Å². The summed E-state index contributed by atoms with van der Waals surface area (Å²) in [5, 5.41) is 0. The Kier molecular flexibility index (Phi) is 4.43. The molecule has 0 saturated carbocycles. The molecule has 0 aliphatic carbocycles. The van der Waals surface area contributed by atoms with Crippen LogP contribution in [-0.4, -0.2) is 19.9 Å². The van der Waals surface area contributed by atoms with Crippen LogP contribution < -0.4 is 0 Å². The van der Waals surface area contributed by atoms with Crippen LogP contribution in [0.4, 0.5) is 0 Å². The lowest BCUT2D eigenvalue weighted by atomic mass is 10.2. The highest BCUT2D eigenvalue weighted by molar-refractivity contribution is 7.99. The molecular formula is C14H21O2SSi+. The van der Waals surface area contributed by atoms with Crippen molar-refractivity contribution in [2.45, 2.75) is 43.2 Å². The van der Waals surface area contributed by atoms with Crippen LogP contribution >= 0.6 is 11.8 Å². The van der Waals surface area contributed by atoms with Gasteiger partial charge in [0.1, 0.15) is 6.42 Å². The van der Waals surface area contributed by atoms with E-state index in [0.29, 0.717) is 0 Å². The molecule has 1 fully saturated rings. The quantitative estimate of drug-likeness (QED) is 0.455. The minimum atomic E-state index is -1.59. The van der Waals surface area contributed by atoms with Crippen LogP contribution in [0.3, 0.4) is 0 Å². The van der Waals surface area contributed by atoms with E-state index in [2.05, 4.69) is 43.9 Å². The van der Waals surface area contributed by atoms with Crippen molar-refractivity contribution in [3.63, 3.8) is 0 Å². The molecule has 0 N–H and O–H groups in total. The summed E-state index contributed by atoms with van der Waals surface area (Å²) in [7, 11) is -1.59. The summed E-state index contributed by atoms with van der Waals surface area (Å²) in [5.74, 6) is 0.461. The first-order valence-electron chi connectivity index (χ1n) is 6.37. The number of thioether (sulfide) groups is 1. The van der Waals surface area contributed by atoms with Gasteiger partial charge >= 0.3 is 0 Å². The van der Waals surface area contributed by atoms with E-state index in [0.717, 1.165) is 18.6 Å². The van der Waals surface area contributed by atoms with E-state index in [1.54, 1.807) is 0 Å². The Hall–Kier alpha value is -0.423. The van der Waals surface area contributed by atoms with E-state index in [9.17, 15) is 0 Å². The molecule has 0 amide bonds. The monoisotopic (exact) mass is 281 g/mol. The van der Waals surface area contributed by atoms with Crippen molar-refractivity contribution < 1.29 is 9.16 Å². The zero-order valence-electron chi connectivity index (χ0n) is 11.3. The third-order valence-corrected chi connectivity index (χ3v) is 4.81. The van der Waals surface area contributed by atoms with E-state index in [1.807, 2.05) is 24.4 Å². The number of rotatable bonds is 5. The molecule has 1 aliphatic heterocycles. The van der Waals surface area contributed by atoms with Crippen LogP contribution in [0.5, 0.6) is 0 Å². The van der Waals surface area contributed by atoms with Crippen LogP contribution in [0.25, 0.3) is 0 Å². The molecule has 1 aromatic carbocycles. The summed E-state index contributed by atoms with van der Waals surface area (Å²) in [6.45, 7) is 8.53. The SMILES string of the molecule is C[Si](C)(C)OC1(CSc2ccccc2)CC[CH+]O1. The molecule has 0 radical (unpaired) electrons. The molecule has 98 valence electrons. The molecule has 0 bridgehead atoms.